The smallest absolute Gasteiger partial charge is 0.337 e. The maximum Gasteiger partial charge on any atom is 0.337 e. The van der Waals surface area contributed by atoms with Gasteiger partial charge in [-0.15, -0.1) is 0 Å². The standard InChI is InChI=1S/C16H15NO3/c1-10-5-7-17-9-14(10)11-3-2-4-13-12(11)6-8-20-15(13)16(18)19/h2-5,7,9,15H,6,8H2,1H3,(H,18,19). The summed E-state index contributed by atoms with van der Waals surface area (Å²) in [5.41, 5.74) is 5.05. The topological polar surface area (TPSA) is 59.4 Å². The lowest BCUT2D eigenvalue weighted by molar-refractivity contribution is -0.151. The van der Waals surface area contributed by atoms with Gasteiger partial charge in [-0.1, -0.05) is 18.2 Å². The molecule has 0 fully saturated rings. The van der Waals surface area contributed by atoms with Crippen molar-refractivity contribution in [2.75, 3.05) is 6.61 Å². The van der Waals surface area contributed by atoms with Gasteiger partial charge in [0.05, 0.1) is 6.61 Å². The molecule has 1 unspecified atom stereocenters. The van der Waals surface area contributed by atoms with Gasteiger partial charge < -0.3 is 9.84 Å². The van der Waals surface area contributed by atoms with E-state index >= 15 is 0 Å². The largest absolute Gasteiger partial charge is 0.479 e. The van der Waals surface area contributed by atoms with E-state index in [1.54, 1.807) is 6.20 Å². The highest BCUT2D eigenvalue weighted by Gasteiger charge is 2.28. The summed E-state index contributed by atoms with van der Waals surface area (Å²) >= 11 is 0. The molecule has 1 aliphatic rings. The summed E-state index contributed by atoms with van der Waals surface area (Å²) in [5, 5.41) is 9.26. The van der Waals surface area contributed by atoms with Crippen molar-refractivity contribution in [3.63, 3.8) is 0 Å². The normalized spacial score (nSPS) is 17.6. The first-order valence-electron chi connectivity index (χ1n) is 6.55. The molecular formula is C16H15NO3. The number of benzene rings is 1. The summed E-state index contributed by atoms with van der Waals surface area (Å²) < 4.78 is 5.37. The van der Waals surface area contributed by atoms with Gasteiger partial charge in [-0.05, 0) is 41.7 Å². The van der Waals surface area contributed by atoms with Crippen molar-refractivity contribution in [2.45, 2.75) is 19.4 Å². The fourth-order valence-corrected chi connectivity index (χ4v) is 2.70. The zero-order valence-electron chi connectivity index (χ0n) is 11.2. The molecular weight excluding hydrogens is 254 g/mol. The molecule has 102 valence electrons. The van der Waals surface area contributed by atoms with Crippen LogP contribution in [0.2, 0.25) is 0 Å². The average Bonchev–Trinajstić information content (AvgIpc) is 2.46. The lowest BCUT2D eigenvalue weighted by Gasteiger charge is -2.25. The van der Waals surface area contributed by atoms with Crippen molar-refractivity contribution in [3.05, 3.63) is 53.3 Å². The zero-order chi connectivity index (χ0) is 14.1. The molecule has 1 aliphatic heterocycles. The quantitative estimate of drug-likeness (QED) is 0.910. The van der Waals surface area contributed by atoms with Crippen LogP contribution in [0.5, 0.6) is 0 Å². The molecule has 2 aromatic rings. The predicted octanol–water partition coefficient (Wildman–Crippen LogP) is 2.76. The van der Waals surface area contributed by atoms with Crippen LogP contribution in [0.25, 0.3) is 11.1 Å². The highest BCUT2D eigenvalue weighted by atomic mass is 16.5. The lowest BCUT2D eigenvalue weighted by atomic mass is 9.89. The molecule has 0 saturated heterocycles. The molecule has 0 amide bonds. The Balaban J connectivity index is 2.18. The lowest BCUT2D eigenvalue weighted by Crippen LogP contribution is -2.23. The predicted molar refractivity (Wildman–Crippen MR) is 74.4 cm³/mol. The van der Waals surface area contributed by atoms with E-state index in [9.17, 15) is 9.90 Å². The fourth-order valence-electron chi connectivity index (χ4n) is 2.70. The number of ether oxygens (including phenoxy) is 1. The van der Waals surface area contributed by atoms with E-state index < -0.39 is 12.1 Å². The Labute approximate surface area is 117 Å². The monoisotopic (exact) mass is 269 g/mol. The molecule has 1 aromatic heterocycles. The van der Waals surface area contributed by atoms with E-state index in [0.29, 0.717) is 6.61 Å². The van der Waals surface area contributed by atoms with Crippen LogP contribution in [0, 0.1) is 6.92 Å². The van der Waals surface area contributed by atoms with Crippen LogP contribution in [-0.4, -0.2) is 22.7 Å². The minimum absolute atomic E-state index is 0.431. The summed E-state index contributed by atoms with van der Waals surface area (Å²) in [6.07, 6.45) is 3.45. The maximum absolute atomic E-state index is 11.3. The number of hydrogen-bond acceptors (Lipinski definition) is 3. The minimum atomic E-state index is -0.939. The van der Waals surface area contributed by atoms with Crippen molar-refractivity contribution < 1.29 is 14.6 Å². The summed E-state index contributed by atoms with van der Waals surface area (Å²) in [6, 6.07) is 7.70. The van der Waals surface area contributed by atoms with Crippen LogP contribution in [-0.2, 0) is 16.0 Å². The first kappa shape index (κ1) is 12.8. The first-order valence-corrected chi connectivity index (χ1v) is 6.55. The van der Waals surface area contributed by atoms with E-state index in [1.807, 2.05) is 37.4 Å². The van der Waals surface area contributed by atoms with Crippen LogP contribution < -0.4 is 0 Å². The number of aryl methyl sites for hydroxylation is 1. The third kappa shape index (κ3) is 2.08. The van der Waals surface area contributed by atoms with E-state index in [0.717, 1.165) is 34.2 Å². The van der Waals surface area contributed by atoms with Gasteiger partial charge in [0, 0.05) is 18.0 Å². The number of carboxylic acid groups (broad SMARTS) is 1. The van der Waals surface area contributed by atoms with Crippen molar-refractivity contribution in [1.82, 2.24) is 4.98 Å². The maximum atomic E-state index is 11.3. The van der Waals surface area contributed by atoms with Gasteiger partial charge in [-0.3, -0.25) is 4.98 Å². The number of fused-ring (bicyclic) bond motifs is 1. The third-order valence-electron chi connectivity index (χ3n) is 3.68. The summed E-state index contributed by atoms with van der Waals surface area (Å²) in [6.45, 7) is 2.46. The molecule has 3 rings (SSSR count). The van der Waals surface area contributed by atoms with Crippen LogP contribution >= 0.6 is 0 Å². The molecule has 0 spiro atoms. The van der Waals surface area contributed by atoms with Crippen molar-refractivity contribution in [3.8, 4) is 11.1 Å². The van der Waals surface area contributed by atoms with E-state index in [4.69, 9.17) is 4.74 Å². The second-order valence-corrected chi connectivity index (χ2v) is 4.90. The number of rotatable bonds is 2. The van der Waals surface area contributed by atoms with E-state index in [2.05, 4.69) is 4.98 Å². The number of aromatic nitrogens is 1. The van der Waals surface area contributed by atoms with E-state index in [-0.39, 0.29) is 0 Å². The molecule has 0 aliphatic carbocycles. The van der Waals surface area contributed by atoms with Gasteiger partial charge in [0.15, 0.2) is 6.10 Å². The van der Waals surface area contributed by atoms with Gasteiger partial charge in [-0.2, -0.15) is 0 Å². The summed E-state index contributed by atoms with van der Waals surface area (Å²) in [4.78, 5) is 15.5. The number of aliphatic carboxylic acids is 1. The molecule has 20 heavy (non-hydrogen) atoms. The number of pyridine rings is 1. The molecule has 0 radical (unpaired) electrons. The van der Waals surface area contributed by atoms with Gasteiger partial charge in [0.25, 0.3) is 0 Å². The van der Waals surface area contributed by atoms with Gasteiger partial charge in [-0.25, -0.2) is 4.79 Å². The van der Waals surface area contributed by atoms with Crippen molar-refractivity contribution in [1.29, 1.82) is 0 Å². The zero-order valence-corrected chi connectivity index (χ0v) is 11.2. The molecule has 0 saturated carbocycles. The van der Waals surface area contributed by atoms with Crippen molar-refractivity contribution >= 4 is 5.97 Å². The Morgan fingerprint density at radius 3 is 2.95 bits per heavy atom. The Morgan fingerprint density at radius 2 is 2.20 bits per heavy atom. The molecule has 2 heterocycles. The number of carbonyl (C=O) groups is 1. The Kier molecular flexibility index (Phi) is 3.24. The van der Waals surface area contributed by atoms with Crippen LogP contribution in [0.4, 0.5) is 0 Å². The number of nitrogens with zero attached hydrogens (tertiary/aromatic N) is 1. The Morgan fingerprint density at radius 1 is 1.35 bits per heavy atom. The highest BCUT2D eigenvalue weighted by molar-refractivity contribution is 5.79. The van der Waals surface area contributed by atoms with Gasteiger partial charge >= 0.3 is 5.97 Å². The van der Waals surface area contributed by atoms with Crippen LogP contribution in [0.3, 0.4) is 0 Å². The van der Waals surface area contributed by atoms with Crippen LogP contribution in [0.15, 0.2) is 36.7 Å². The molecule has 1 aromatic carbocycles. The molecule has 1 atom stereocenters. The van der Waals surface area contributed by atoms with Crippen LogP contribution in [0.1, 0.15) is 22.8 Å². The average molecular weight is 269 g/mol. The molecule has 1 N–H and O–H groups in total. The SMILES string of the molecule is Cc1ccncc1-c1cccc2c1CCOC2C(=O)O. The summed E-state index contributed by atoms with van der Waals surface area (Å²) in [7, 11) is 0. The highest BCUT2D eigenvalue weighted by Crippen LogP contribution is 2.35. The molecule has 0 bridgehead atoms. The van der Waals surface area contributed by atoms with E-state index in [1.165, 1.54) is 0 Å². The fraction of sp³-hybridized carbons (Fsp3) is 0.250. The molecule has 4 heteroatoms. The number of hydrogen-bond donors (Lipinski definition) is 1. The second kappa shape index (κ2) is 5.06. The molecule has 4 nitrogen and oxygen atoms in total. The number of carboxylic acids is 1. The van der Waals surface area contributed by atoms with Gasteiger partial charge in [0.1, 0.15) is 0 Å². The summed E-state index contributed by atoms with van der Waals surface area (Å²) in [5.74, 6) is -0.939. The van der Waals surface area contributed by atoms with Crippen molar-refractivity contribution in [2.24, 2.45) is 0 Å². The van der Waals surface area contributed by atoms with Gasteiger partial charge in [0.2, 0.25) is 0 Å². The Bertz CT molecular complexity index is 667. The third-order valence-corrected chi connectivity index (χ3v) is 3.68. The minimum Gasteiger partial charge on any atom is -0.479 e. The second-order valence-electron chi connectivity index (χ2n) is 4.90. The first-order chi connectivity index (χ1) is 9.68. The Hall–Kier alpha value is -2.20.